The van der Waals surface area contributed by atoms with E-state index in [1.807, 2.05) is 0 Å². The fourth-order valence-electron chi connectivity index (χ4n) is 1.28. The van der Waals surface area contributed by atoms with Crippen LogP contribution in [0.4, 0.5) is 0 Å². The average molecular weight is 323 g/mol. The summed E-state index contributed by atoms with van der Waals surface area (Å²) in [6.45, 7) is -0.242. The first-order valence-electron chi connectivity index (χ1n) is 5.21. The molecule has 0 unspecified atom stereocenters. The van der Waals surface area contributed by atoms with Gasteiger partial charge in [0.2, 0.25) is 10.0 Å². The van der Waals surface area contributed by atoms with Crippen molar-refractivity contribution in [2.75, 3.05) is 18.6 Å². The number of primary sulfonamides is 1. The molecule has 0 aliphatic rings. The molecule has 0 saturated heterocycles. The van der Waals surface area contributed by atoms with E-state index >= 15 is 0 Å². The normalized spacial score (nSPS) is 12.1. The summed E-state index contributed by atoms with van der Waals surface area (Å²) in [5.74, 6) is -1.83. The molecule has 0 bridgehead atoms. The Morgan fingerprint density at radius 2 is 1.90 bits per heavy atom. The minimum Gasteiger partial charge on any atom is -0.492 e. The lowest BCUT2D eigenvalue weighted by molar-refractivity contribution is 0.0692. The van der Waals surface area contributed by atoms with Crippen molar-refractivity contribution >= 4 is 25.8 Å². The minimum absolute atomic E-state index is 0.131. The molecular formula is C10H13NO7S2. The molecule has 8 nitrogen and oxygen atoms in total. The van der Waals surface area contributed by atoms with E-state index in [1.54, 1.807) is 0 Å². The summed E-state index contributed by atoms with van der Waals surface area (Å²) < 4.78 is 49.2. The van der Waals surface area contributed by atoms with E-state index in [0.29, 0.717) is 0 Å². The van der Waals surface area contributed by atoms with Crippen LogP contribution in [0.2, 0.25) is 0 Å². The van der Waals surface area contributed by atoms with Crippen molar-refractivity contribution in [2.24, 2.45) is 5.14 Å². The smallest absolute Gasteiger partial charge is 0.339 e. The number of sulfone groups is 1. The second-order valence-electron chi connectivity index (χ2n) is 3.99. The van der Waals surface area contributed by atoms with E-state index in [9.17, 15) is 21.6 Å². The van der Waals surface area contributed by atoms with Crippen LogP contribution in [0, 0.1) is 0 Å². The van der Waals surface area contributed by atoms with E-state index in [2.05, 4.69) is 0 Å². The maximum absolute atomic E-state index is 11.1. The number of ether oxygens (including phenoxy) is 1. The van der Waals surface area contributed by atoms with Crippen LogP contribution in [0.3, 0.4) is 0 Å². The Morgan fingerprint density at radius 1 is 1.30 bits per heavy atom. The van der Waals surface area contributed by atoms with Crippen molar-refractivity contribution in [1.29, 1.82) is 0 Å². The Bertz CT molecular complexity index is 722. The molecule has 0 saturated carbocycles. The number of carboxylic acids is 1. The third-order valence-electron chi connectivity index (χ3n) is 2.22. The zero-order valence-electron chi connectivity index (χ0n) is 10.4. The molecular weight excluding hydrogens is 310 g/mol. The SMILES string of the molecule is CS(=O)(=O)CCOc1ccc(S(N)(=O)=O)cc1C(=O)O. The maximum Gasteiger partial charge on any atom is 0.339 e. The molecule has 0 amide bonds. The van der Waals surface area contributed by atoms with Crippen molar-refractivity contribution in [3.8, 4) is 5.75 Å². The van der Waals surface area contributed by atoms with Crippen LogP contribution in [0.5, 0.6) is 5.75 Å². The summed E-state index contributed by atoms with van der Waals surface area (Å²) >= 11 is 0. The molecule has 0 atom stereocenters. The van der Waals surface area contributed by atoms with Gasteiger partial charge >= 0.3 is 5.97 Å². The van der Waals surface area contributed by atoms with E-state index in [-0.39, 0.29) is 23.0 Å². The number of hydrogen-bond donors (Lipinski definition) is 2. The van der Waals surface area contributed by atoms with Gasteiger partial charge < -0.3 is 9.84 Å². The Kier molecular flexibility index (Phi) is 4.73. The van der Waals surface area contributed by atoms with Gasteiger partial charge in [-0.2, -0.15) is 0 Å². The second kappa shape index (κ2) is 5.77. The number of carbonyl (C=O) groups is 1. The number of sulfonamides is 1. The second-order valence-corrected chi connectivity index (χ2v) is 7.81. The number of rotatable bonds is 6. The van der Waals surface area contributed by atoms with Gasteiger partial charge in [-0.05, 0) is 18.2 Å². The van der Waals surface area contributed by atoms with Crippen LogP contribution in [0.1, 0.15) is 10.4 Å². The van der Waals surface area contributed by atoms with Crippen LogP contribution in [-0.4, -0.2) is 46.5 Å². The van der Waals surface area contributed by atoms with E-state index in [1.165, 1.54) is 0 Å². The lowest BCUT2D eigenvalue weighted by Crippen LogP contribution is -2.15. The van der Waals surface area contributed by atoms with Crippen LogP contribution in [-0.2, 0) is 19.9 Å². The molecule has 0 aromatic heterocycles. The van der Waals surface area contributed by atoms with Crippen molar-refractivity contribution < 1.29 is 31.5 Å². The van der Waals surface area contributed by atoms with Gasteiger partial charge in [-0.1, -0.05) is 0 Å². The zero-order valence-corrected chi connectivity index (χ0v) is 12.1. The first-order valence-corrected chi connectivity index (χ1v) is 8.82. The lowest BCUT2D eigenvalue weighted by atomic mass is 10.2. The van der Waals surface area contributed by atoms with Gasteiger partial charge in [0.1, 0.15) is 17.9 Å². The number of hydrogen-bond acceptors (Lipinski definition) is 6. The van der Waals surface area contributed by atoms with Crippen molar-refractivity contribution in [3.63, 3.8) is 0 Å². The van der Waals surface area contributed by atoms with Crippen LogP contribution >= 0.6 is 0 Å². The molecule has 112 valence electrons. The average Bonchev–Trinajstić information content (AvgIpc) is 2.25. The lowest BCUT2D eigenvalue weighted by Gasteiger charge is -2.09. The summed E-state index contributed by atoms with van der Waals surface area (Å²) in [6, 6.07) is 3.05. The van der Waals surface area contributed by atoms with E-state index < -0.39 is 31.4 Å². The molecule has 3 N–H and O–H groups in total. The van der Waals surface area contributed by atoms with Crippen LogP contribution in [0.25, 0.3) is 0 Å². The molecule has 0 heterocycles. The number of benzene rings is 1. The van der Waals surface area contributed by atoms with Gasteiger partial charge in [0, 0.05) is 6.26 Å². The highest BCUT2D eigenvalue weighted by atomic mass is 32.2. The molecule has 1 rings (SSSR count). The summed E-state index contributed by atoms with van der Waals surface area (Å²) in [4.78, 5) is 10.7. The Morgan fingerprint density at radius 3 is 2.35 bits per heavy atom. The molecule has 1 aromatic rings. The monoisotopic (exact) mass is 323 g/mol. The van der Waals surface area contributed by atoms with Gasteiger partial charge in [0.05, 0.1) is 10.6 Å². The van der Waals surface area contributed by atoms with Crippen molar-refractivity contribution in [2.45, 2.75) is 4.90 Å². The molecule has 0 aliphatic carbocycles. The Labute approximate surface area is 116 Å². The van der Waals surface area contributed by atoms with Crippen LogP contribution in [0.15, 0.2) is 23.1 Å². The van der Waals surface area contributed by atoms with Crippen molar-refractivity contribution in [3.05, 3.63) is 23.8 Å². The van der Waals surface area contributed by atoms with Gasteiger partial charge in [-0.15, -0.1) is 0 Å². The molecule has 10 heteroatoms. The number of carboxylic acid groups (broad SMARTS) is 1. The number of aromatic carboxylic acids is 1. The molecule has 0 fully saturated rings. The largest absolute Gasteiger partial charge is 0.492 e. The minimum atomic E-state index is -4.03. The van der Waals surface area contributed by atoms with E-state index in [4.69, 9.17) is 15.0 Å². The zero-order chi connectivity index (χ0) is 15.6. The highest BCUT2D eigenvalue weighted by Gasteiger charge is 2.17. The Hall–Kier alpha value is -1.65. The van der Waals surface area contributed by atoms with Gasteiger partial charge in [-0.25, -0.2) is 26.8 Å². The maximum atomic E-state index is 11.1. The molecule has 1 aromatic carbocycles. The predicted molar refractivity (Wildman–Crippen MR) is 70.0 cm³/mol. The summed E-state index contributed by atoms with van der Waals surface area (Å²) in [5.41, 5.74) is -0.412. The van der Waals surface area contributed by atoms with Gasteiger partial charge in [-0.3, -0.25) is 0 Å². The fraction of sp³-hybridized carbons (Fsp3) is 0.300. The molecule has 0 radical (unpaired) electrons. The molecule has 0 aliphatic heterocycles. The summed E-state index contributed by atoms with van der Waals surface area (Å²) in [5, 5.41) is 13.9. The highest BCUT2D eigenvalue weighted by molar-refractivity contribution is 7.90. The third kappa shape index (κ3) is 4.79. The number of nitrogens with two attached hydrogens (primary N) is 1. The van der Waals surface area contributed by atoms with E-state index in [0.717, 1.165) is 24.5 Å². The quantitative estimate of drug-likeness (QED) is 0.715. The topological polar surface area (TPSA) is 141 Å². The highest BCUT2D eigenvalue weighted by Crippen LogP contribution is 2.22. The standard InChI is InChI=1S/C10H13NO7S2/c1-19(14,15)5-4-18-9-3-2-7(20(11,16)17)6-8(9)10(12)13/h2-3,6H,4-5H2,1H3,(H,12,13)(H2,11,16,17). The third-order valence-corrected chi connectivity index (χ3v) is 4.04. The predicted octanol–water partition coefficient (Wildman–Crippen LogP) is -0.544. The van der Waals surface area contributed by atoms with Crippen molar-refractivity contribution in [1.82, 2.24) is 0 Å². The first kappa shape index (κ1) is 16.4. The molecule has 20 heavy (non-hydrogen) atoms. The van der Waals surface area contributed by atoms with Crippen LogP contribution < -0.4 is 9.88 Å². The van der Waals surface area contributed by atoms with Gasteiger partial charge in [0.25, 0.3) is 0 Å². The summed E-state index contributed by atoms with van der Waals surface area (Å²) in [7, 11) is -7.28. The molecule has 0 spiro atoms. The summed E-state index contributed by atoms with van der Waals surface area (Å²) in [6.07, 6.45) is 1.01. The fourth-order valence-corrected chi connectivity index (χ4v) is 2.21. The first-order chi connectivity index (χ1) is 9.00. The van der Waals surface area contributed by atoms with Gasteiger partial charge in [0.15, 0.2) is 9.84 Å². The Balaban J connectivity index is 3.06.